The fourth-order valence-corrected chi connectivity index (χ4v) is 1.83. The SMILES string of the molecule is COc1cc(NC(=O)c2cnn(C)n2)c(OC)cc1Cl. The highest BCUT2D eigenvalue weighted by Crippen LogP contribution is 2.35. The molecule has 8 heteroatoms. The van der Waals surface area contributed by atoms with Gasteiger partial charge in [-0.05, 0) is 0 Å². The van der Waals surface area contributed by atoms with Crippen LogP contribution in [0.25, 0.3) is 0 Å². The lowest BCUT2D eigenvalue weighted by atomic mass is 10.2. The van der Waals surface area contributed by atoms with Crippen molar-refractivity contribution in [2.24, 2.45) is 7.05 Å². The minimum absolute atomic E-state index is 0.198. The molecule has 1 aromatic carbocycles. The molecule has 0 spiro atoms. The predicted octanol–water partition coefficient (Wildman–Crippen LogP) is 1.74. The minimum atomic E-state index is -0.402. The van der Waals surface area contributed by atoms with Gasteiger partial charge in [0.15, 0.2) is 5.69 Å². The van der Waals surface area contributed by atoms with E-state index in [9.17, 15) is 4.79 Å². The molecule has 0 saturated heterocycles. The Balaban J connectivity index is 2.30. The Labute approximate surface area is 120 Å². The maximum absolute atomic E-state index is 12.0. The molecule has 0 saturated carbocycles. The van der Waals surface area contributed by atoms with Crippen molar-refractivity contribution in [1.82, 2.24) is 15.0 Å². The number of aryl methyl sites for hydroxylation is 1. The second-order valence-electron chi connectivity index (χ2n) is 3.86. The van der Waals surface area contributed by atoms with Crippen LogP contribution in [0.5, 0.6) is 11.5 Å². The monoisotopic (exact) mass is 296 g/mol. The second kappa shape index (κ2) is 5.79. The number of amides is 1. The van der Waals surface area contributed by atoms with Gasteiger partial charge < -0.3 is 14.8 Å². The number of carbonyl (C=O) groups is 1. The Morgan fingerprint density at radius 2 is 2.00 bits per heavy atom. The third kappa shape index (κ3) is 2.83. The highest BCUT2D eigenvalue weighted by molar-refractivity contribution is 6.32. The fourth-order valence-electron chi connectivity index (χ4n) is 1.59. The summed E-state index contributed by atoms with van der Waals surface area (Å²) in [6, 6.07) is 3.14. The number of carbonyl (C=O) groups excluding carboxylic acids is 1. The van der Waals surface area contributed by atoms with Crippen LogP contribution < -0.4 is 14.8 Å². The summed E-state index contributed by atoms with van der Waals surface area (Å²) >= 11 is 5.99. The molecule has 0 aliphatic heterocycles. The summed E-state index contributed by atoms with van der Waals surface area (Å²) in [7, 11) is 4.60. The first-order valence-electron chi connectivity index (χ1n) is 5.64. The lowest BCUT2D eigenvalue weighted by Crippen LogP contribution is -2.14. The molecule has 7 nitrogen and oxygen atoms in total. The first-order chi connectivity index (χ1) is 9.55. The van der Waals surface area contributed by atoms with Crippen molar-refractivity contribution >= 4 is 23.2 Å². The van der Waals surface area contributed by atoms with Gasteiger partial charge in [0, 0.05) is 19.2 Å². The maximum Gasteiger partial charge on any atom is 0.277 e. The molecule has 1 amide bonds. The molecule has 0 bridgehead atoms. The summed E-state index contributed by atoms with van der Waals surface area (Å²) in [5.41, 5.74) is 0.632. The van der Waals surface area contributed by atoms with E-state index in [4.69, 9.17) is 21.1 Å². The first-order valence-corrected chi connectivity index (χ1v) is 6.02. The molecule has 1 heterocycles. The van der Waals surface area contributed by atoms with Crippen LogP contribution in [0.2, 0.25) is 5.02 Å². The second-order valence-corrected chi connectivity index (χ2v) is 4.27. The Kier molecular flexibility index (Phi) is 4.09. The van der Waals surface area contributed by atoms with E-state index >= 15 is 0 Å². The Morgan fingerprint density at radius 3 is 2.55 bits per heavy atom. The van der Waals surface area contributed by atoms with Crippen molar-refractivity contribution < 1.29 is 14.3 Å². The number of ether oxygens (including phenoxy) is 2. The van der Waals surface area contributed by atoms with Gasteiger partial charge in [-0.2, -0.15) is 9.90 Å². The maximum atomic E-state index is 12.0. The number of halogens is 1. The van der Waals surface area contributed by atoms with Gasteiger partial charge in [-0.3, -0.25) is 4.79 Å². The topological polar surface area (TPSA) is 78.3 Å². The molecule has 106 valence electrons. The van der Waals surface area contributed by atoms with Gasteiger partial charge in [-0.1, -0.05) is 11.6 Å². The van der Waals surface area contributed by atoms with Crippen molar-refractivity contribution in [3.05, 3.63) is 29.0 Å². The number of methoxy groups -OCH3 is 2. The van der Waals surface area contributed by atoms with Crippen LogP contribution >= 0.6 is 11.6 Å². The summed E-state index contributed by atoms with van der Waals surface area (Å²) in [6.45, 7) is 0. The highest BCUT2D eigenvalue weighted by Gasteiger charge is 2.15. The van der Waals surface area contributed by atoms with Crippen molar-refractivity contribution in [3.8, 4) is 11.5 Å². The molecule has 0 aliphatic carbocycles. The molecule has 0 unspecified atom stereocenters. The van der Waals surface area contributed by atoms with Crippen molar-refractivity contribution in [1.29, 1.82) is 0 Å². The molecule has 2 aromatic rings. The van der Waals surface area contributed by atoms with E-state index in [-0.39, 0.29) is 5.69 Å². The highest BCUT2D eigenvalue weighted by atomic mass is 35.5. The Bertz CT molecular complexity index is 642. The zero-order valence-electron chi connectivity index (χ0n) is 11.2. The van der Waals surface area contributed by atoms with E-state index in [2.05, 4.69) is 15.5 Å². The number of anilines is 1. The minimum Gasteiger partial charge on any atom is -0.495 e. The van der Waals surface area contributed by atoms with Crippen LogP contribution in [0, 0.1) is 0 Å². The van der Waals surface area contributed by atoms with Gasteiger partial charge in [0.05, 0.1) is 31.1 Å². The lowest BCUT2D eigenvalue weighted by molar-refractivity contribution is 0.102. The van der Waals surface area contributed by atoms with Gasteiger partial charge in [0.25, 0.3) is 5.91 Å². The molecule has 0 aliphatic rings. The molecular formula is C12H13ClN4O3. The number of nitrogens with zero attached hydrogens (tertiary/aromatic N) is 3. The van der Waals surface area contributed by atoms with Crippen LogP contribution in [0.1, 0.15) is 10.5 Å². The number of hydrogen-bond donors (Lipinski definition) is 1. The summed E-state index contributed by atoms with van der Waals surface area (Å²) in [6.07, 6.45) is 1.37. The lowest BCUT2D eigenvalue weighted by Gasteiger charge is -2.12. The first kappa shape index (κ1) is 14.1. The molecule has 1 N–H and O–H groups in total. The van der Waals surface area contributed by atoms with Gasteiger partial charge in [-0.25, -0.2) is 0 Å². The molecule has 1 aromatic heterocycles. The number of nitrogens with one attached hydrogen (secondary N) is 1. The number of hydrogen-bond acceptors (Lipinski definition) is 5. The summed E-state index contributed by atoms with van der Waals surface area (Å²) in [4.78, 5) is 13.3. The number of benzene rings is 1. The number of aromatic nitrogens is 3. The van der Waals surface area contributed by atoms with Crippen molar-refractivity contribution in [2.75, 3.05) is 19.5 Å². The van der Waals surface area contributed by atoms with Gasteiger partial charge in [0.2, 0.25) is 0 Å². The summed E-state index contributed by atoms with van der Waals surface area (Å²) in [5, 5.41) is 10.8. The van der Waals surface area contributed by atoms with Gasteiger partial charge >= 0.3 is 0 Å². The van der Waals surface area contributed by atoms with Crippen molar-refractivity contribution in [3.63, 3.8) is 0 Å². The van der Waals surface area contributed by atoms with E-state index in [1.165, 1.54) is 25.2 Å². The molecule has 0 radical (unpaired) electrons. The van der Waals surface area contributed by atoms with Crippen LogP contribution in [0.4, 0.5) is 5.69 Å². The smallest absolute Gasteiger partial charge is 0.277 e. The molecule has 0 fully saturated rings. The Hall–Kier alpha value is -2.28. The predicted molar refractivity (Wildman–Crippen MR) is 73.5 cm³/mol. The zero-order valence-corrected chi connectivity index (χ0v) is 11.9. The van der Waals surface area contributed by atoms with Crippen LogP contribution in [-0.4, -0.2) is 35.1 Å². The molecule has 20 heavy (non-hydrogen) atoms. The van der Waals surface area contributed by atoms with Gasteiger partial charge in [-0.15, -0.1) is 5.10 Å². The van der Waals surface area contributed by atoms with E-state index in [0.29, 0.717) is 22.2 Å². The number of rotatable bonds is 4. The normalized spacial score (nSPS) is 10.2. The molecule has 2 rings (SSSR count). The molecule has 0 atom stereocenters. The van der Waals surface area contributed by atoms with E-state index in [0.717, 1.165) is 0 Å². The Morgan fingerprint density at radius 1 is 1.30 bits per heavy atom. The molecular weight excluding hydrogens is 284 g/mol. The van der Waals surface area contributed by atoms with E-state index in [1.54, 1.807) is 19.2 Å². The largest absolute Gasteiger partial charge is 0.495 e. The average molecular weight is 297 g/mol. The third-order valence-corrected chi connectivity index (χ3v) is 2.85. The van der Waals surface area contributed by atoms with Crippen LogP contribution in [-0.2, 0) is 7.05 Å². The van der Waals surface area contributed by atoms with Crippen LogP contribution in [0.15, 0.2) is 18.3 Å². The zero-order chi connectivity index (χ0) is 14.7. The van der Waals surface area contributed by atoms with Crippen molar-refractivity contribution in [2.45, 2.75) is 0 Å². The summed E-state index contributed by atoms with van der Waals surface area (Å²) < 4.78 is 10.3. The standard InChI is InChI=1S/C12H13ClN4O3/c1-17-14-6-9(16-17)12(18)15-8-5-10(19-2)7(13)4-11(8)20-3/h4-6H,1-3H3,(H,15,18). The van der Waals surface area contributed by atoms with E-state index in [1.807, 2.05) is 0 Å². The van der Waals surface area contributed by atoms with E-state index < -0.39 is 5.91 Å². The quantitative estimate of drug-likeness (QED) is 0.930. The fraction of sp³-hybridized carbons (Fsp3) is 0.250. The summed E-state index contributed by atoms with van der Waals surface area (Å²) in [5.74, 6) is 0.454. The average Bonchev–Trinajstić information content (AvgIpc) is 2.87. The third-order valence-electron chi connectivity index (χ3n) is 2.55. The van der Waals surface area contributed by atoms with Gasteiger partial charge in [0.1, 0.15) is 11.5 Å². The van der Waals surface area contributed by atoms with Crippen LogP contribution in [0.3, 0.4) is 0 Å².